The first kappa shape index (κ1) is 13.7. The predicted octanol–water partition coefficient (Wildman–Crippen LogP) is 1.75. The van der Waals surface area contributed by atoms with Crippen LogP contribution in [0.2, 0.25) is 0 Å². The lowest BCUT2D eigenvalue weighted by atomic mass is 9.86. The van der Waals surface area contributed by atoms with Gasteiger partial charge in [-0.3, -0.25) is 4.79 Å². The quantitative estimate of drug-likeness (QED) is 0.723. The lowest BCUT2D eigenvalue weighted by Gasteiger charge is -2.25. The van der Waals surface area contributed by atoms with E-state index in [9.17, 15) is 4.79 Å². The van der Waals surface area contributed by atoms with Crippen molar-refractivity contribution in [3.05, 3.63) is 0 Å². The molecule has 0 aromatic carbocycles. The summed E-state index contributed by atoms with van der Waals surface area (Å²) in [4.78, 5) is 11.6. The zero-order chi connectivity index (χ0) is 9.73. The second-order valence-corrected chi connectivity index (χ2v) is 3.92. The molecule has 0 unspecified atom stereocenters. The molecule has 84 valence electrons. The van der Waals surface area contributed by atoms with Crippen LogP contribution >= 0.6 is 12.4 Å². The average molecular weight is 222 g/mol. The SMILES string of the molecule is CCOC(=O)[C@@]1(C)CCCCNC1.Cl. The van der Waals surface area contributed by atoms with Gasteiger partial charge in [-0.1, -0.05) is 6.42 Å². The van der Waals surface area contributed by atoms with Gasteiger partial charge >= 0.3 is 5.97 Å². The molecule has 1 N–H and O–H groups in total. The molecule has 0 spiro atoms. The summed E-state index contributed by atoms with van der Waals surface area (Å²) in [5.74, 6) is -0.0515. The molecule has 3 nitrogen and oxygen atoms in total. The Bertz CT molecular complexity index is 177. The van der Waals surface area contributed by atoms with Gasteiger partial charge in [0.1, 0.15) is 0 Å². The summed E-state index contributed by atoms with van der Waals surface area (Å²) in [7, 11) is 0. The first-order valence-corrected chi connectivity index (χ1v) is 5.07. The average Bonchev–Trinajstić information content (AvgIpc) is 2.32. The van der Waals surface area contributed by atoms with E-state index in [4.69, 9.17) is 4.74 Å². The van der Waals surface area contributed by atoms with Crippen LogP contribution in [0.4, 0.5) is 0 Å². The summed E-state index contributed by atoms with van der Waals surface area (Å²) in [5.41, 5.74) is -0.299. The minimum absolute atomic E-state index is 0. The summed E-state index contributed by atoms with van der Waals surface area (Å²) in [6.45, 7) is 6.10. The second-order valence-electron chi connectivity index (χ2n) is 3.92. The summed E-state index contributed by atoms with van der Waals surface area (Å²) >= 11 is 0. The number of nitrogens with one attached hydrogen (secondary N) is 1. The zero-order valence-electron chi connectivity index (χ0n) is 8.97. The third kappa shape index (κ3) is 3.46. The number of carbonyl (C=O) groups is 1. The van der Waals surface area contributed by atoms with Gasteiger partial charge in [0.05, 0.1) is 12.0 Å². The molecule has 1 rings (SSSR count). The maximum absolute atomic E-state index is 11.6. The molecule has 1 heterocycles. The molecule has 1 saturated heterocycles. The Morgan fingerprint density at radius 2 is 2.21 bits per heavy atom. The fourth-order valence-corrected chi connectivity index (χ4v) is 1.70. The van der Waals surface area contributed by atoms with E-state index in [2.05, 4.69) is 5.32 Å². The standard InChI is InChI=1S/C10H19NO2.ClH/c1-3-13-9(12)10(2)6-4-5-7-11-8-10;/h11H,3-8H2,1-2H3;1H/t10-;/m0./s1. The van der Waals surface area contributed by atoms with Crippen molar-refractivity contribution >= 4 is 18.4 Å². The van der Waals surface area contributed by atoms with Crippen LogP contribution < -0.4 is 5.32 Å². The Hall–Kier alpha value is -0.280. The van der Waals surface area contributed by atoms with E-state index in [1.54, 1.807) is 0 Å². The summed E-state index contributed by atoms with van der Waals surface area (Å²) < 4.78 is 5.06. The molecule has 0 aromatic rings. The molecule has 4 heteroatoms. The Morgan fingerprint density at radius 3 is 2.86 bits per heavy atom. The van der Waals surface area contributed by atoms with Gasteiger partial charge in [0.2, 0.25) is 0 Å². The van der Waals surface area contributed by atoms with Crippen molar-refractivity contribution in [2.24, 2.45) is 5.41 Å². The second kappa shape index (κ2) is 6.25. The summed E-state index contributed by atoms with van der Waals surface area (Å²) in [6.07, 6.45) is 3.22. The molecule has 0 radical (unpaired) electrons. The monoisotopic (exact) mass is 221 g/mol. The molecular formula is C10H20ClNO2. The Kier molecular flexibility index (Phi) is 6.12. The number of hydrogen-bond donors (Lipinski definition) is 1. The van der Waals surface area contributed by atoms with E-state index < -0.39 is 0 Å². The van der Waals surface area contributed by atoms with Crippen LogP contribution in [-0.2, 0) is 9.53 Å². The highest BCUT2D eigenvalue weighted by molar-refractivity contribution is 5.85. The Labute approximate surface area is 92.0 Å². The predicted molar refractivity (Wildman–Crippen MR) is 58.7 cm³/mol. The molecule has 0 aromatic heterocycles. The third-order valence-corrected chi connectivity index (χ3v) is 2.62. The van der Waals surface area contributed by atoms with Gasteiger partial charge < -0.3 is 10.1 Å². The molecule has 1 aliphatic heterocycles. The first-order chi connectivity index (χ1) is 6.19. The molecule has 1 fully saturated rings. The minimum atomic E-state index is -0.299. The van der Waals surface area contributed by atoms with Crippen molar-refractivity contribution in [2.45, 2.75) is 33.1 Å². The normalized spacial score (nSPS) is 27.3. The topological polar surface area (TPSA) is 38.3 Å². The molecule has 1 atom stereocenters. The highest BCUT2D eigenvalue weighted by atomic mass is 35.5. The minimum Gasteiger partial charge on any atom is -0.466 e. The van der Waals surface area contributed by atoms with Gasteiger partial charge in [0.15, 0.2) is 0 Å². The third-order valence-electron chi connectivity index (χ3n) is 2.62. The van der Waals surface area contributed by atoms with Crippen molar-refractivity contribution in [1.29, 1.82) is 0 Å². The maximum Gasteiger partial charge on any atom is 0.313 e. The molecule has 0 aliphatic carbocycles. The molecule has 0 bridgehead atoms. The molecule has 1 aliphatic rings. The zero-order valence-corrected chi connectivity index (χ0v) is 9.78. The van der Waals surface area contributed by atoms with Gasteiger partial charge in [-0.2, -0.15) is 0 Å². The van der Waals surface area contributed by atoms with Crippen molar-refractivity contribution in [3.63, 3.8) is 0 Å². The number of carbonyl (C=O) groups excluding carboxylic acids is 1. The number of halogens is 1. The number of esters is 1. The fourth-order valence-electron chi connectivity index (χ4n) is 1.70. The highest BCUT2D eigenvalue weighted by Crippen LogP contribution is 2.26. The van der Waals surface area contributed by atoms with E-state index >= 15 is 0 Å². The summed E-state index contributed by atoms with van der Waals surface area (Å²) in [5, 5.41) is 3.28. The number of ether oxygens (including phenoxy) is 1. The Morgan fingerprint density at radius 1 is 1.50 bits per heavy atom. The van der Waals surface area contributed by atoms with Gasteiger partial charge in [0, 0.05) is 6.54 Å². The maximum atomic E-state index is 11.6. The van der Waals surface area contributed by atoms with Gasteiger partial charge in [-0.05, 0) is 33.2 Å². The first-order valence-electron chi connectivity index (χ1n) is 5.07. The van der Waals surface area contributed by atoms with Crippen LogP contribution in [0.5, 0.6) is 0 Å². The van der Waals surface area contributed by atoms with E-state index in [-0.39, 0.29) is 23.8 Å². The number of rotatable bonds is 2. The lowest BCUT2D eigenvalue weighted by Crippen LogP contribution is -2.38. The van der Waals surface area contributed by atoms with Gasteiger partial charge in [-0.25, -0.2) is 0 Å². The molecule has 0 saturated carbocycles. The van der Waals surface area contributed by atoms with Crippen LogP contribution in [0, 0.1) is 5.41 Å². The van der Waals surface area contributed by atoms with Crippen LogP contribution in [0.15, 0.2) is 0 Å². The number of hydrogen-bond acceptors (Lipinski definition) is 3. The largest absolute Gasteiger partial charge is 0.466 e. The van der Waals surface area contributed by atoms with Crippen molar-refractivity contribution in [2.75, 3.05) is 19.7 Å². The van der Waals surface area contributed by atoms with Gasteiger partial charge in [0.25, 0.3) is 0 Å². The molecule has 14 heavy (non-hydrogen) atoms. The smallest absolute Gasteiger partial charge is 0.313 e. The summed E-state index contributed by atoms with van der Waals surface area (Å²) in [6, 6.07) is 0. The highest BCUT2D eigenvalue weighted by Gasteiger charge is 2.34. The van der Waals surface area contributed by atoms with Crippen LogP contribution in [-0.4, -0.2) is 25.7 Å². The Balaban J connectivity index is 0.00000169. The van der Waals surface area contributed by atoms with Crippen LogP contribution in [0.3, 0.4) is 0 Å². The lowest BCUT2D eigenvalue weighted by molar-refractivity contribution is -0.154. The van der Waals surface area contributed by atoms with E-state index in [0.29, 0.717) is 6.61 Å². The van der Waals surface area contributed by atoms with E-state index in [0.717, 1.165) is 32.4 Å². The fraction of sp³-hybridized carbons (Fsp3) is 0.900. The van der Waals surface area contributed by atoms with Gasteiger partial charge in [-0.15, -0.1) is 12.4 Å². The van der Waals surface area contributed by atoms with E-state index in [1.165, 1.54) is 0 Å². The van der Waals surface area contributed by atoms with Crippen LogP contribution in [0.1, 0.15) is 33.1 Å². The van der Waals surface area contributed by atoms with E-state index in [1.807, 2.05) is 13.8 Å². The van der Waals surface area contributed by atoms with Crippen molar-refractivity contribution in [1.82, 2.24) is 5.32 Å². The molecular weight excluding hydrogens is 202 g/mol. The molecule has 0 amide bonds. The van der Waals surface area contributed by atoms with Crippen LogP contribution in [0.25, 0.3) is 0 Å². The van der Waals surface area contributed by atoms with Crippen molar-refractivity contribution in [3.8, 4) is 0 Å². The van der Waals surface area contributed by atoms with Crippen molar-refractivity contribution < 1.29 is 9.53 Å².